The van der Waals surface area contributed by atoms with E-state index in [0.717, 1.165) is 44.0 Å². The Morgan fingerprint density at radius 2 is 1.85 bits per heavy atom. The van der Waals surface area contributed by atoms with Gasteiger partial charge in [0.25, 0.3) is 0 Å². The number of hydrogen-bond acceptors (Lipinski definition) is 5. The normalized spacial score (nSPS) is 17.0. The molecule has 1 aromatic carbocycles. The molecule has 0 saturated carbocycles. The lowest BCUT2D eigenvalue weighted by Crippen LogP contribution is -2.48. The van der Waals surface area contributed by atoms with E-state index in [-0.39, 0.29) is 6.10 Å². The van der Waals surface area contributed by atoms with E-state index in [0.29, 0.717) is 0 Å². The number of carbonyl (C=O) groups is 1. The Morgan fingerprint density at radius 3 is 2.41 bits per heavy atom. The molecule has 0 bridgehead atoms. The SMILES string of the molecule is CC(C)Oc1ccc([C@H](C(=O)O)N2CCN(Cc3cccnc3)CC2)cc1. The van der Waals surface area contributed by atoms with Crippen molar-refractivity contribution in [3.8, 4) is 5.75 Å². The molecule has 6 nitrogen and oxygen atoms in total. The van der Waals surface area contributed by atoms with Crippen molar-refractivity contribution in [3.63, 3.8) is 0 Å². The van der Waals surface area contributed by atoms with Gasteiger partial charge in [0, 0.05) is 45.1 Å². The van der Waals surface area contributed by atoms with Crippen LogP contribution in [0.25, 0.3) is 0 Å². The largest absolute Gasteiger partial charge is 0.491 e. The zero-order chi connectivity index (χ0) is 19.2. The highest BCUT2D eigenvalue weighted by Crippen LogP contribution is 2.25. The first-order valence-corrected chi connectivity index (χ1v) is 9.37. The number of ether oxygens (including phenoxy) is 1. The number of carboxylic acids is 1. The summed E-state index contributed by atoms with van der Waals surface area (Å²) >= 11 is 0. The molecule has 1 aromatic heterocycles. The van der Waals surface area contributed by atoms with Gasteiger partial charge >= 0.3 is 5.97 Å². The Bertz CT molecular complexity index is 726. The fourth-order valence-electron chi connectivity index (χ4n) is 3.44. The molecule has 2 heterocycles. The molecule has 0 radical (unpaired) electrons. The third-order valence-electron chi connectivity index (χ3n) is 4.70. The molecule has 6 heteroatoms. The highest BCUT2D eigenvalue weighted by Gasteiger charge is 2.30. The van der Waals surface area contributed by atoms with E-state index in [1.165, 1.54) is 5.56 Å². The third kappa shape index (κ3) is 5.28. The number of aliphatic carboxylic acids is 1. The molecule has 144 valence electrons. The number of hydrogen-bond donors (Lipinski definition) is 1. The molecule has 2 aromatic rings. The van der Waals surface area contributed by atoms with E-state index in [9.17, 15) is 9.90 Å². The third-order valence-corrected chi connectivity index (χ3v) is 4.70. The second-order valence-corrected chi connectivity index (χ2v) is 7.15. The first kappa shape index (κ1) is 19.3. The molecule has 0 spiro atoms. The van der Waals surface area contributed by atoms with Gasteiger partial charge in [-0.05, 0) is 43.2 Å². The average Bonchev–Trinajstić information content (AvgIpc) is 2.65. The summed E-state index contributed by atoms with van der Waals surface area (Å²) in [6.07, 6.45) is 3.75. The number of benzene rings is 1. The Kier molecular flexibility index (Phi) is 6.42. The molecule has 1 N–H and O–H groups in total. The van der Waals surface area contributed by atoms with Crippen LogP contribution in [0.15, 0.2) is 48.8 Å². The second kappa shape index (κ2) is 8.97. The van der Waals surface area contributed by atoms with Crippen molar-refractivity contribution in [2.75, 3.05) is 26.2 Å². The smallest absolute Gasteiger partial charge is 0.325 e. The molecule has 0 aliphatic carbocycles. The maximum absolute atomic E-state index is 11.9. The summed E-state index contributed by atoms with van der Waals surface area (Å²) in [7, 11) is 0. The first-order chi connectivity index (χ1) is 13.0. The van der Waals surface area contributed by atoms with Crippen molar-refractivity contribution in [1.82, 2.24) is 14.8 Å². The molecule has 1 atom stereocenters. The van der Waals surface area contributed by atoms with Crippen LogP contribution in [0, 0.1) is 0 Å². The first-order valence-electron chi connectivity index (χ1n) is 9.37. The van der Waals surface area contributed by atoms with Gasteiger partial charge in [-0.3, -0.25) is 19.6 Å². The summed E-state index contributed by atoms with van der Waals surface area (Å²) in [4.78, 5) is 20.5. The van der Waals surface area contributed by atoms with Crippen molar-refractivity contribution in [1.29, 1.82) is 0 Å². The van der Waals surface area contributed by atoms with Gasteiger partial charge in [0.2, 0.25) is 0 Å². The number of carboxylic acid groups (broad SMARTS) is 1. The Morgan fingerprint density at radius 1 is 1.15 bits per heavy atom. The van der Waals surface area contributed by atoms with Crippen LogP contribution < -0.4 is 4.74 Å². The molecule has 27 heavy (non-hydrogen) atoms. The number of pyridine rings is 1. The predicted octanol–water partition coefficient (Wildman–Crippen LogP) is 2.81. The maximum Gasteiger partial charge on any atom is 0.325 e. The number of aromatic nitrogens is 1. The van der Waals surface area contributed by atoms with E-state index >= 15 is 0 Å². The van der Waals surface area contributed by atoms with Gasteiger partial charge in [0.1, 0.15) is 11.8 Å². The molecule has 1 fully saturated rings. The average molecular weight is 369 g/mol. The summed E-state index contributed by atoms with van der Waals surface area (Å²) < 4.78 is 5.65. The fourth-order valence-corrected chi connectivity index (χ4v) is 3.44. The van der Waals surface area contributed by atoms with Crippen LogP contribution in [0.5, 0.6) is 5.75 Å². The van der Waals surface area contributed by atoms with Crippen LogP contribution in [0.1, 0.15) is 31.0 Å². The van der Waals surface area contributed by atoms with Crippen LogP contribution >= 0.6 is 0 Å². The van der Waals surface area contributed by atoms with Crippen LogP contribution in [-0.4, -0.2) is 58.1 Å². The van der Waals surface area contributed by atoms with Gasteiger partial charge in [-0.25, -0.2) is 0 Å². The summed E-state index contributed by atoms with van der Waals surface area (Å²) in [6, 6.07) is 10.8. The fraction of sp³-hybridized carbons (Fsp3) is 0.429. The monoisotopic (exact) mass is 369 g/mol. The predicted molar refractivity (Wildman–Crippen MR) is 104 cm³/mol. The highest BCUT2D eigenvalue weighted by molar-refractivity contribution is 5.75. The minimum absolute atomic E-state index is 0.0963. The van der Waals surface area contributed by atoms with Crippen molar-refractivity contribution < 1.29 is 14.6 Å². The van der Waals surface area contributed by atoms with Crippen LogP contribution in [0.3, 0.4) is 0 Å². The van der Waals surface area contributed by atoms with E-state index in [2.05, 4.69) is 16.0 Å². The summed E-state index contributed by atoms with van der Waals surface area (Å²) in [5, 5.41) is 9.80. The van der Waals surface area contributed by atoms with Gasteiger partial charge < -0.3 is 9.84 Å². The zero-order valence-electron chi connectivity index (χ0n) is 15.9. The lowest BCUT2D eigenvalue weighted by atomic mass is 10.0. The maximum atomic E-state index is 11.9. The minimum atomic E-state index is -0.812. The highest BCUT2D eigenvalue weighted by atomic mass is 16.5. The van der Waals surface area contributed by atoms with E-state index < -0.39 is 12.0 Å². The number of piperazine rings is 1. The summed E-state index contributed by atoms with van der Waals surface area (Å²) in [5.74, 6) is -0.0487. The van der Waals surface area contributed by atoms with Crippen molar-refractivity contribution in [2.24, 2.45) is 0 Å². The van der Waals surface area contributed by atoms with Crippen LogP contribution in [0.4, 0.5) is 0 Å². The molecule has 1 saturated heterocycles. The van der Waals surface area contributed by atoms with E-state index in [1.807, 2.05) is 55.3 Å². The van der Waals surface area contributed by atoms with Gasteiger partial charge in [-0.2, -0.15) is 0 Å². The molecular weight excluding hydrogens is 342 g/mol. The topological polar surface area (TPSA) is 65.9 Å². The Balaban J connectivity index is 1.62. The quantitative estimate of drug-likeness (QED) is 0.810. The summed E-state index contributed by atoms with van der Waals surface area (Å²) in [6.45, 7) is 7.92. The molecule has 0 amide bonds. The lowest BCUT2D eigenvalue weighted by molar-refractivity contribution is -0.144. The molecule has 0 unspecified atom stereocenters. The number of nitrogens with zero attached hydrogens (tertiary/aromatic N) is 3. The van der Waals surface area contributed by atoms with Gasteiger partial charge in [-0.1, -0.05) is 18.2 Å². The molecular formula is C21H27N3O3. The lowest BCUT2D eigenvalue weighted by Gasteiger charge is -2.37. The molecule has 1 aliphatic heterocycles. The number of rotatable bonds is 7. The molecule has 3 rings (SSSR count). The van der Waals surface area contributed by atoms with Gasteiger partial charge in [0.05, 0.1) is 6.10 Å². The van der Waals surface area contributed by atoms with E-state index in [4.69, 9.17) is 4.74 Å². The zero-order valence-corrected chi connectivity index (χ0v) is 15.9. The standard InChI is InChI=1S/C21H27N3O3/c1-16(2)27-19-7-5-18(6-8-19)20(21(25)26)24-12-10-23(11-13-24)15-17-4-3-9-22-14-17/h3-9,14,16,20H,10-13,15H2,1-2H3,(H,25,26)/t20-/m1/s1. The van der Waals surface area contributed by atoms with Crippen LogP contribution in [-0.2, 0) is 11.3 Å². The Labute approximate surface area is 160 Å². The van der Waals surface area contributed by atoms with Gasteiger partial charge in [-0.15, -0.1) is 0 Å². The van der Waals surface area contributed by atoms with Crippen molar-refractivity contribution in [2.45, 2.75) is 32.5 Å². The van der Waals surface area contributed by atoms with Crippen LogP contribution in [0.2, 0.25) is 0 Å². The van der Waals surface area contributed by atoms with Crippen molar-refractivity contribution in [3.05, 3.63) is 59.9 Å². The molecule has 1 aliphatic rings. The summed E-state index contributed by atoms with van der Waals surface area (Å²) in [5.41, 5.74) is 1.97. The van der Waals surface area contributed by atoms with Crippen molar-refractivity contribution >= 4 is 5.97 Å². The minimum Gasteiger partial charge on any atom is -0.491 e. The Hall–Kier alpha value is -2.44. The van der Waals surface area contributed by atoms with Gasteiger partial charge in [0.15, 0.2) is 0 Å². The van der Waals surface area contributed by atoms with E-state index in [1.54, 1.807) is 6.20 Å². The second-order valence-electron chi connectivity index (χ2n) is 7.15.